The van der Waals surface area contributed by atoms with Gasteiger partial charge in [0.2, 0.25) is 0 Å². The summed E-state index contributed by atoms with van der Waals surface area (Å²) in [7, 11) is 0. The molecule has 2 heterocycles. The molecule has 0 aliphatic carbocycles. The number of nitrogens with two attached hydrogens (primary N) is 1. The van der Waals surface area contributed by atoms with E-state index in [1.165, 1.54) is 17.9 Å². The summed E-state index contributed by atoms with van der Waals surface area (Å²) in [5.74, 6) is 0.303. The Morgan fingerprint density at radius 3 is 2.94 bits per heavy atom. The number of carbonyl (C=O) groups excluding carboxylic acids is 1. The van der Waals surface area contributed by atoms with Crippen molar-refractivity contribution in [2.45, 2.75) is 13.5 Å². The van der Waals surface area contributed by atoms with E-state index in [1.807, 2.05) is 6.07 Å². The fourth-order valence-corrected chi connectivity index (χ4v) is 1.30. The highest BCUT2D eigenvalue weighted by Gasteiger charge is 2.04. The number of nitrogen functional groups attached to an aromatic ring is 1. The second-order valence-electron chi connectivity index (χ2n) is 3.37. The fraction of sp³-hybridized carbons (Fsp3) is 0.200. The van der Waals surface area contributed by atoms with Gasteiger partial charge in [0.1, 0.15) is 12.2 Å². The molecule has 0 radical (unpaired) electrons. The van der Waals surface area contributed by atoms with E-state index in [0.717, 1.165) is 5.69 Å². The minimum Gasteiger partial charge on any atom is -0.381 e. The molecule has 2 N–H and O–H groups in total. The molecule has 2 rings (SSSR count). The summed E-state index contributed by atoms with van der Waals surface area (Å²) in [6.07, 6.45) is 1.47. The Balaban J connectivity index is 2.21. The van der Waals surface area contributed by atoms with Crippen LogP contribution in [0.15, 0.2) is 24.4 Å². The zero-order valence-electron chi connectivity index (χ0n) is 8.79. The van der Waals surface area contributed by atoms with Crippen LogP contribution in [0.5, 0.6) is 0 Å². The third-order valence-corrected chi connectivity index (χ3v) is 2.03. The highest BCUT2D eigenvalue weighted by atomic mass is 16.1. The maximum Gasteiger partial charge on any atom is 0.178 e. The largest absolute Gasteiger partial charge is 0.381 e. The minimum absolute atomic E-state index is 0.0604. The van der Waals surface area contributed by atoms with E-state index in [2.05, 4.69) is 15.2 Å². The zero-order chi connectivity index (χ0) is 11.5. The first-order valence-electron chi connectivity index (χ1n) is 4.77. The van der Waals surface area contributed by atoms with Crippen LogP contribution in [-0.4, -0.2) is 25.8 Å². The van der Waals surface area contributed by atoms with Crippen LogP contribution in [0, 0.1) is 0 Å². The van der Waals surface area contributed by atoms with Crippen LogP contribution < -0.4 is 5.73 Å². The molecule has 2 aromatic heterocycles. The van der Waals surface area contributed by atoms with Gasteiger partial charge in [-0.05, 0) is 12.1 Å². The molecule has 0 aromatic carbocycles. The molecule has 0 saturated carbocycles. The van der Waals surface area contributed by atoms with Crippen LogP contribution in [0.25, 0.3) is 0 Å². The van der Waals surface area contributed by atoms with Gasteiger partial charge in [-0.25, -0.2) is 4.98 Å². The Morgan fingerprint density at radius 2 is 2.31 bits per heavy atom. The third kappa shape index (κ3) is 2.22. The van der Waals surface area contributed by atoms with E-state index in [1.54, 1.807) is 12.1 Å². The minimum atomic E-state index is -0.0604. The van der Waals surface area contributed by atoms with Gasteiger partial charge in [0, 0.05) is 6.92 Å². The summed E-state index contributed by atoms with van der Waals surface area (Å²) >= 11 is 0. The first-order chi connectivity index (χ1) is 7.65. The lowest BCUT2D eigenvalue weighted by Gasteiger charge is -2.01. The molecule has 0 amide bonds. The molecule has 6 heteroatoms. The van der Waals surface area contributed by atoms with Crippen molar-refractivity contribution < 1.29 is 4.79 Å². The van der Waals surface area contributed by atoms with E-state index in [0.29, 0.717) is 18.1 Å². The number of aromatic nitrogens is 4. The molecule has 0 spiro atoms. The van der Waals surface area contributed by atoms with Gasteiger partial charge in [-0.2, -0.15) is 9.90 Å². The molecular weight excluding hydrogens is 206 g/mol. The number of rotatable bonds is 3. The Kier molecular flexibility index (Phi) is 2.63. The van der Waals surface area contributed by atoms with Crippen LogP contribution in [0.3, 0.4) is 0 Å². The zero-order valence-corrected chi connectivity index (χ0v) is 8.79. The van der Waals surface area contributed by atoms with Crippen molar-refractivity contribution in [2.75, 3.05) is 5.73 Å². The number of hydrogen-bond donors (Lipinski definition) is 1. The van der Waals surface area contributed by atoms with Crippen LogP contribution in [-0.2, 0) is 6.54 Å². The van der Waals surface area contributed by atoms with Crippen molar-refractivity contribution in [2.24, 2.45) is 0 Å². The second kappa shape index (κ2) is 4.09. The molecule has 0 atom stereocenters. The average molecular weight is 217 g/mol. The van der Waals surface area contributed by atoms with E-state index >= 15 is 0 Å². The first-order valence-corrected chi connectivity index (χ1v) is 4.77. The van der Waals surface area contributed by atoms with Crippen LogP contribution >= 0.6 is 0 Å². The molecule has 0 fully saturated rings. The molecule has 2 aromatic rings. The summed E-state index contributed by atoms with van der Waals surface area (Å²) in [6, 6.07) is 5.27. The molecule has 82 valence electrons. The smallest absolute Gasteiger partial charge is 0.178 e. The lowest BCUT2D eigenvalue weighted by Crippen LogP contribution is -2.08. The Hall–Kier alpha value is -2.24. The molecule has 0 aliphatic rings. The number of pyridine rings is 1. The second-order valence-corrected chi connectivity index (χ2v) is 3.37. The van der Waals surface area contributed by atoms with Crippen LogP contribution in [0.1, 0.15) is 23.1 Å². The summed E-state index contributed by atoms with van der Waals surface area (Å²) < 4.78 is 0. The lowest BCUT2D eigenvalue weighted by molar-refractivity contribution is 0.101. The standard InChI is InChI=1S/C10H11N5O/c1-7(16)9-4-2-3-8(13-9)6-15-12-5-10(11)14-15/h2-5H,6H2,1H3,(H2,11,14). The number of anilines is 1. The summed E-state index contributed by atoms with van der Waals surface area (Å²) in [4.78, 5) is 16.8. The van der Waals surface area contributed by atoms with Crippen molar-refractivity contribution in [1.29, 1.82) is 0 Å². The van der Waals surface area contributed by atoms with Crippen molar-refractivity contribution in [3.63, 3.8) is 0 Å². The predicted octanol–water partition coefficient (Wildman–Crippen LogP) is 0.506. The van der Waals surface area contributed by atoms with Gasteiger partial charge in [-0.1, -0.05) is 6.07 Å². The lowest BCUT2D eigenvalue weighted by atomic mass is 10.2. The first kappa shape index (κ1) is 10.3. The van der Waals surface area contributed by atoms with Crippen molar-refractivity contribution >= 4 is 11.6 Å². The normalized spacial score (nSPS) is 10.3. The SMILES string of the molecule is CC(=O)c1cccc(Cn2ncc(N)n2)n1. The van der Waals surface area contributed by atoms with E-state index < -0.39 is 0 Å². The van der Waals surface area contributed by atoms with E-state index in [9.17, 15) is 4.79 Å². The number of nitrogens with zero attached hydrogens (tertiary/aromatic N) is 4. The number of hydrogen-bond acceptors (Lipinski definition) is 5. The van der Waals surface area contributed by atoms with Gasteiger partial charge in [0.15, 0.2) is 11.6 Å². The van der Waals surface area contributed by atoms with Gasteiger partial charge in [0.05, 0.1) is 11.9 Å². The Bertz CT molecular complexity index is 519. The van der Waals surface area contributed by atoms with Gasteiger partial charge in [0.25, 0.3) is 0 Å². The van der Waals surface area contributed by atoms with Gasteiger partial charge >= 0.3 is 0 Å². The summed E-state index contributed by atoms with van der Waals surface area (Å²) in [5, 5.41) is 7.88. The maximum absolute atomic E-state index is 11.1. The van der Waals surface area contributed by atoms with Crippen LogP contribution in [0.2, 0.25) is 0 Å². The predicted molar refractivity (Wildman–Crippen MR) is 57.8 cm³/mol. The van der Waals surface area contributed by atoms with E-state index in [4.69, 9.17) is 5.73 Å². The van der Waals surface area contributed by atoms with E-state index in [-0.39, 0.29) is 5.78 Å². The topological polar surface area (TPSA) is 86.7 Å². The highest BCUT2D eigenvalue weighted by molar-refractivity contribution is 5.92. The van der Waals surface area contributed by atoms with Gasteiger partial charge in [-0.15, -0.1) is 5.10 Å². The summed E-state index contributed by atoms with van der Waals surface area (Å²) in [6.45, 7) is 1.88. The molecule has 0 unspecified atom stereocenters. The molecular formula is C10H11N5O. The maximum atomic E-state index is 11.1. The highest BCUT2D eigenvalue weighted by Crippen LogP contribution is 2.02. The molecule has 0 saturated heterocycles. The van der Waals surface area contributed by atoms with Crippen molar-refractivity contribution in [3.8, 4) is 0 Å². The molecule has 16 heavy (non-hydrogen) atoms. The molecule has 0 aliphatic heterocycles. The third-order valence-electron chi connectivity index (χ3n) is 2.03. The Morgan fingerprint density at radius 1 is 1.50 bits per heavy atom. The number of ketones is 1. The average Bonchev–Trinajstić information content (AvgIpc) is 2.64. The number of Topliss-reactive ketones (excluding diaryl/α,β-unsaturated/α-hetero) is 1. The quantitative estimate of drug-likeness (QED) is 0.757. The Labute approximate surface area is 92.1 Å². The summed E-state index contributed by atoms with van der Waals surface area (Å²) in [5.41, 5.74) is 6.61. The fourth-order valence-electron chi connectivity index (χ4n) is 1.30. The molecule has 0 bridgehead atoms. The molecule has 6 nitrogen and oxygen atoms in total. The van der Waals surface area contributed by atoms with Gasteiger partial charge < -0.3 is 5.73 Å². The van der Waals surface area contributed by atoms with Crippen LogP contribution in [0.4, 0.5) is 5.82 Å². The number of carbonyl (C=O) groups is 1. The van der Waals surface area contributed by atoms with Crippen molar-refractivity contribution in [3.05, 3.63) is 35.8 Å². The monoisotopic (exact) mass is 217 g/mol. The van der Waals surface area contributed by atoms with Gasteiger partial charge in [-0.3, -0.25) is 4.79 Å². The van der Waals surface area contributed by atoms with Crippen molar-refractivity contribution in [1.82, 2.24) is 20.0 Å².